The van der Waals surface area contributed by atoms with E-state index < -0.39 is 23.3 Å². The second-order valence-corrected chi connectivity index (χ2v) is 8.49. The van der Waals surface area contributed by atoms with Gasteiger partial charge in [0.1, 0.15) is 16.7 Å². The number of carbonyl (C=O) groups is 1. The summed E-state index contributed by atoms with van der Waals surface area (Å²) in [5, 5.41) is 11.8. The summed E-state index contributed by atoms with van der Waals surface area (Å²) in [6, 6.07) is 5.18. The lowest BCUT2D eigenvalue weighted by Gasteiger charge is -2.27. The van der Waals surface area contributed by atoms with E-state index in [4.69, 9.17) is 21.4 Å². The highest BCUT2D eigenvalue weighted by Crippen LogP contribution is 2.33. The van der Waals surface area contributed by atoms with Crippen LogP contribution in [0.5, 0.6) is 5.88 Å². The number of amides is 1. The van der Waals surface area contributed by atoms with Gasteiger partial charge in [0.25, 0.3) is 0 Å². The van der Waals surface area contributed by atoms with Crippen LogP contribution in [0.15, 0.2) is 36.7 Å². The molecule has 0 radical (unpaired) electrons. The first kappa shape index (κ1) is 22.7. The lowest BCUT2D eigenvalue weighted by Crippen LogP contribution is -2.44. The van der Waals surface area contributed by atoms with Gasteiger partial charge in [-0.25, -0.2) is 18.6 Å². The van der Waals surface area contributed by atoms with Crippen LogP contribution < -0.4 is 10.1 Å². The first-order valence-electron chi connectivity index (χ1n) is 9.59. The van der Waals surface area contributed by atoms with Crippen LogP contribution in [0.2, 0.25) is 5.02 Å². The first-order chi connectivity index (χ1) is 14.6. The predicted octanol–water partition coefficient (Wildman–Crippen LogP) is 5.68. The number of benzene rings is 1. The number of nitrogens with one attached hydrogen (secondary N) is 1. The monoisotopic (exact) mass is 449 g/mol. The molecule has 0 spiro atoms. The molecule has 9 heteroatoms. The highest BCUT2D eigenvalue weighted by atomic mass is 35.5. The molecule has 0 saturated carbocycles. The standard InChI is InChI=1S/C22H22ClF2N3O3/c1-12(9-22(2,3)28-21(29)30)11-31-20-16(23)6-13(10-27-20)15-4-5-26-18-8-14(24)7-17(25)19(15)18/h4-8,10,12,28H,9,11H2,1-3H3,(H,29,30). The van der Waals surface area contributed by atoms with E-state index in [1.807, 2.05) is 6.92 Å². The van der Waals surface area contributed by atoms with Crippen molar-refractivity contribution in [2.24, 2.45) is 5.92 Å². The normalized spacial score (nSPS) is 12.6. The highest BCUT2D eigenvalue weighted by Gasteiger charge is 2.23. The van der Waals surface area contributed by atoms with Gasteiger partial charge in [-0.05, 0) is 43.9 Å². The van der Waals surface area contributed by atoms with E-state index in [-0.39, 0.29) is 34.3 Å². The molecule has 0 saturated heterocycles. The maximum absolute atomic E-state index is 14.4. The average Bonchev–Trinajstić information content (AvgIpc) is 2.64. The number of rotatable bonds is 7. The van der Waals surface area contributed by atoms with Crippen molar-refractivity contribution in [3.05, 3.63) is 53.3 Å². The van der Waals surface area contributed by atoms with Crippen molar-refractivity contribution in [2.45, 2.75) is 32.7 Å². The van der Waals surface area contributed by atoms with Crippen LogP contribution in [0, 0.1) is 17.6 Å². The molecule has 1 amide bonds. The van der Waals surface area contributed by atoms with E-state index in [0.717, 1.165) is 12.1 Å². The van der Waals surface area contributed by atoms with E-state index in [1.54, 1.807) is 26.0 Å². The molecule has 164 valence electrons. The molecule has 2 heterocycles. The number of ether oxygens (including phenoxy) is 1. The van der Waals surface area contributed by atoms with Crippen molar-refractivity contribution in [2.75, 3.05) is 6.61 Å². The van der Waals surface area contributed by atoms with E-state index in [0.29, 0.717) is 17.5 Å². The third-order valence-corrected chi connectivity index (χ3v) is 4.96. The van der Waals surface area contributed by atoms with E-state index in [2.05, 4.69) is 15.3 Å². The number of pyridine rings is 2. The maximum atomic E-state index is 14.4. The number of nitrogens with zero attached hydrogens (tertiary/aromatic N) is 2. The number of hydrogen-bond acceptors (Lipinski definition) is 4. The number of halogens is 3. The van der Waals surface area contributed by atoms with Gasteiger partial charge in [-0.1, -0.05) is 18.5 Å². The zero-order chi connectivity index (χ0) is 22.8. The van der Waals surface area contributed by atoms with Gasteiger partial charge < -0.3 is 15.2 Å². The fraction of sp³-hybridized carbons (Fsp3) is 0.318. The van der Waals surface area contributed by atoms with Crippen molar-refractivity contribution < 1.29 is 23.4 Å². The molecule has 0 aliphatic heterocycles. The van der Waals surface area contributed by atoms with Crippen LogP contribution in [0.25, 0.3) is 22.0 Å². The van der Waals surface area contributed by atoms with E-state index in [1.165, 1.54) is 12.4 Å². The lowest BCUT2D eigenvalue weighted by molar-refractivity contribution is 0.168. The number of fused-ring (bicyclic) bond motifs is 1. The van der Waals surface area contributed by atoms with Gasteiger partial charge in [-0.3, -0.25) is 4.98 Å². The van der Waals surface area contributed by atoms with Gasteiger partial charge in [0.15, 0.2) is 0 Å². The second kappa shape index (κ2) is 9.01. The van der Waals surface area contributed by atoms with Crippen LogP contribution in [0.4, 0.5) is 13.6 Å². The molecule has 0 aliphatic carbocycles. The van der Waals surface area contributed by atoms with E-state index >= 15 is 0 Å². The predicted molar refractivity (Wildman–Crippen MR) is 114 cm³/mol. The fourth-order valence-electron chi connectivity index (χ4n) is 3.62. The lowest BCUT2D eigenvalue weighted by atomic mass is 9.92. The summed E-state index contributed by atoms with van der Waals surface area (Å²) in [7, 11) is 0. The molecular weight excluding hydrogens is 428 g/mol. The Labute approximate surface area is 183 Å². The van der Waals surface area contributed by atoms with Crippen molar-refractivity contribution in [1.82, 2.24) is 15.3 Å². The molecule has 2 aromatic heterocycles. The van der Waals surface area contributed by atoms with Crippen molar-refractivity contribution in [1.29, 1.82) is 0 Å². The quantitative estimate of drug-likeness (QED) is 0.484. The summed E-state index contributed by atoms with van der Waals surface area (Å²) < 4.78 is 33.6. The van der Waals surface area contributed by atoms with Gasteiger partial charge in [0.2, 0.25) is 5.88 Å². The molecular formula is C22H22ClF2N3O3. The third kappa shape index (κ3) is 5.58. The Kier molecular flexibility index (Phi) is 6.59. The van der Waals surface area contributed by atoms with Crippen LogP contribution in [-0.2, 0) is 0 Å². The molecule has 6 nitrogen and oxygen atoms in total. The number of hydrogen-bond donors (Lipinski definition) is 2. The smallest absolute Gasteiger partial charge is 0.405 e. The van der Waals surface area contributed by atoms with Gasteiger partial charge >= 0.3 is 6.09 Å². The molecule has 2 N–H and O–H groups in total. The second-order valence-electron chi connectivity index (χ2n) is 8.09. The molecule has 1 unspecified atom stereocenters. The molecule has 31 heavy (non-hydrogen) atoms. The topological polar surface area (TPSA) is 84.3 Å². The number of aromatic nitrogens is 2. The number of carboxylic acid groups (broad SMARTS) is 1. The Bertz CT molecular complexity index is 1120. The Balaban J connectivity index is 1.77. The van der Waals surface area contributed by atoms with E-state index in [9.17, 15) is 13.6 Å². The van der Waals surface area contributed by atoms with Gasteiger partial charge in [0, 0.05) is 41.0 Å². The van der Waals surface area contributed by atoms with Crippen molar-refractivity contribution >= 4 is 28.6 Å². The van der Waals surface area contributed by atoms with Crippen LogP contribution in [0.1, 0.15) is 27.2 Å². The molecule has 0 fully saturated rings. The fourth-order valence-corrected chi connectivity index (χ4v) is 3.84. The molecule has 3 aromatic rings. The van der Waals surface area contributed by atoms with Gasteiger partial charge in [0.05, 0.1) is 12.1 Å². The summed E-state index contributed by atoms with van der Waals surface area (Å²) in [6.07, 6.45) is 2.43. The molecule has 1 atom stereocenters. The maximum Gasteiger partial charge on any atom is 0.405 e. The summed E-state index contributed by atoms with van der Waals surface area (Å²) in [6.45, 7) is 5.80. The van der Waals surface area contributed by atoms with Crippen molar-refractivity contribution in [3.8, 4) is 17.0 Å². The first-order valence-corrected chi connectivity index (χ1v) is 9.97. The molecule has 3 rings (SSSR count). The van der Waals surface area contributed by atoms with Crippen LogP contribution in [-0.4, -0.2) is 33.3 Å². The van der Waals surface area contributed by atoms with Crippen molar-refractivity contribution in [3.63, 3.8) is 0 Å². The summed E-state index contributed by atoms with van der Waals surface area (Å²) in [4.78, 5) is 19.1. The third-order valence-electron chi connectivity index (χ3n) is 4.69. The Morgan fingerprint density at radius 3 is 2.71 bits per heavy atom. The van der Waals surface area contributed by atoms with Crippen LogP contribution >= 0.6 is 11.6 Å². The zero-order valence-corrected chi connectivity index (χ0v) is 18.0. The molecule has 1 aromatic carbocycles. The summed E-state index contributed by atoms with van der Waals surface area (Å²) in [5.41, 5.74) is 0.605. The minimum atomic E-state index is -1.08. The van der Waals surface area contributed by atoms with Gasteiger partial charge in [-0.2, -0.15) is 0 Å². The molecule has 0 aliphatic rings. The van der Waals surface area contributed by atoms with Crippen LogP contribution in [0.3, 0.4) is 0 Å². The molecule has 0 bridgehead atoms. The van der Waals surface area contributed by atoms with Gasteiger partial charge in [-0.15, -0.1) is 0 Å². The summed E-state index contributed by atoms with van der Waals surface area (Å²) in [5.74, 6) is -1.19. The zero-order valence-electron chi connectivity index (χ0n) is 17.2. The Morgan fingerprint density at radius 2 is 2.03 bits per heavy atom. The summed E-state index contributed by atoms with van der Waals surface area (Å²) >= 11 is 6.33. The largest absolute Gasteiger partial charge is 0.476 e. The average molecular weight is 450 g/mol. The minimum absolute atomic E-state index is 0.0209. The highest BCUT2D eigenvalue weighted by molar-refractivity contribution is 6.32. The SMILES string of the molecule is CC(COc1ncc(-c2ccnc3cc(F)cc(F)c23)cc1Cl)CC(C)(C)NC(=O)O. The Morgan fingerprint density at radius 1 is 1.29 bits per heavy atom. The Hall–Kier alpha value is -3.00. The minimum Gasteiger partial charge on any atom is -0.476 e.